The number of nitrogens with zero attached hydrogens (tertiary/aromatic N) is 1. The molecule has 1 heterocycles. The van der Waals surface area contributed by atoms with Gasteiger partial charge >= 0.3 is 0 Å². The number of benzene rings is 2. The summed E-state index contributed by atoms with van der Waals surface area (Å²) in [6, 6.07) is 14.6. The molecule has 0 bridgehead atoms. The van der Waals surface area contributed by atoms with Crippen LogP contribution in [-0.2, 0) is 26.0 Å². The van der Waals surface area contributed by atoms with Crippen LogP contribution in [0.1, 0.15) is 51.7 Å². The lowest BCUT2D eigenvalue weighted by atomic mass is 10.0. The minimum atomic E-state index is -3.68. The van der Waals surface area contributed by atoms with Crippen molar-refractivity contribution in [2.24, 2.45) is 0 Å². The first-order valence-electron chi connectivity index (χ1n) is 14.2. The summed E-state index contributed by atoms with van der Waals surface area (Å²) < 4.78 is 30.7. The van der Waals surface area contributed by atoms with Crippen molar-refractivity contribution in [3.63, 3.8) is 0 Å². The highest BCUT2D eigenvalue weighted by atomic mass is 32.2. The fraction of sp³-hybridized carbons (Fsp3) is 0.387. The Balaban J connectivity index is 1.86. The van der Waals surface area contributed by atoms with Gasteiger partial charge in [0.1, 0.15) is 0 Å². The van der Waals surface area contributed by atoms with Crippen molar-refractivity contribution in [2.75, 3.05) is 44.4 Å². The number of thiophene rings is 1. The van der Waals surface area contributed by atoms with Crippen LogP contribution in [0.15, 0.2) is 65.4 Å². The molecule has 0 spiro atoms. The van der Waals surface area contributed by atoms with Gasteiger partial charge < -0.3 is 26.0 Å². The summed E-state index contributed by atoms with van der Waals surface area (Å²) in [7, 11) is -0.762. The van der Waals surface area contributed by atoms with Gasteiger partial charge in [0.15, 0.2) is 0 Å². The molecule has 1 aromatic heterocycles. The summed E-state index contributed by atoms with van der Waals surface area (Å²) in [6.07, 6.45) is 1.51. The molecule has 11 nitrogen and oxygen atoms in total. The third kappa shape index (κ3) is 10.4. The fourth-order valence-corrected chi connectivity index (χ4v) is 5.56. The second-order valence-electron chi connectivity index (χ2n) is 10.5. The molecule has 0 saturated heterocycles. The summed E-state index contributed by atoms with van der Waals surface area (Å²) in [5.41, 5.74) is 2.35. The highest BCUT2D eigenvalue weighted by Gasteiger charge is 2.22. The molecular weight excluding hydrogens is 603 g/mol. The Morgan fingerprint density at radius 3 is 2.23 bits per heavy atom. The average Bonchev–Trinajstić information content (AvgIpc) is 3.54. The number of carbonyl (C=O) groups excluding carboxylic acids is 3. The maximum atomic E-state index is 13.7. The summed E-state index contributed by atoms with van der Waals surface area (Å²) in [4.78, 5) is 39.4. The van der Waals surface area contributed by atoms with Gasteiger partial charge in [0, 0.05) is 44.4 Å². The third-order valence-electron chi connectivity index (χ3n) is 7.02. The molecule has 0 saturated carbocycles. The lowest BCUT2D eigenvalue weighted by Gasteiger charge is -2.23. The second kappa shape index (κ2) is 16.3. The number of amides is 3. The molecule has 0 radical (unpaired) electrons. The van der Waals surface area contributed by atoms with Crippen molar-refractivity contribution < 1.29 is 27.5 Å². The van der Waals surface area contributed by atoms with E-state index in [1.165, 1.54) is 36.6 Å². The molecule has 0 aliphatic rings. The second-order valence-corrected chi connectivity index (χ2v) is 13.3. The van der Waals surface area contributed by atoms with Crippen molar-refractivity contribution in [2.45, 2.75) is 38.4 Å². The lowest BCUT2D eigenvalue weighted by Crippen LogP contribution is -2.50. The van der Waals surface area contributed by atoms with Crippen LogP contribution in [0.25, 0.3) is 0 Å². The van der Waals surface area contributed by atoms with Gasteiger partial charge in [-0.05, 0) is 66.4 Å². The van der Waals surface area contributed by atoms with Crippen LogP contribution in [0.3, 0.4) is 0 Å². The van der Waals surface area contributed by atoms with E-state index in [1.807, 2.05) is 54.1 Å². The van der Waals surface area contributed by atoms with Gasteiger partial charge in [-0.1, -0.05) is 30.3 Å². The van der Waals surface area contributed by atoms with E-state index in [2.05, 4.69) is 21.3 Å². The Hall–Kier alpha value is -3.78. The SMILES string of the molecule is COCCNC(=O)[C@H](C)NC[C@H](Cc1ccccc1)NC(=O)c1cc(C(=O)NC(C)c2ccsc2)cc(N(C)S(C)(=O)=O)c1. The molecule has 3 amide bonds. The van der Waals surface area contributed by atoms with Gasteiger partial charge in [0.25, 0.3) is 11.8 Å². The Bertz CT molecular complexity index is 1500. The van der Waals surface area contributed by atoms with E-state index in [1.54, 1.807) is 14.0 Å². The minimum absolute atomic E-state index is 0.120. The summed E-state index contributed by atoms with van der Waals surface area (Å²) in [6.45, 7) is 4.63. The van der Waals surface area contributed by atoms with Gasteiger partial charge in [-0.3, -0.25) is 18.7 Å². The molecule has 2 aromatic carbocycles. The quantitative estimate of drug-likeness (QED) is 0.176. The number of nitrogens with one attached hydrogen (secondary N) is 4. The molecule has 238 valence electrons. The molecular formula is C31H41N5O6S2. The molecule has 44 heavy (non-hydrogen) atoms. The van der Waals surface area contributed by atoms with Crippen molar-refractivity contribution in [3.8, 4) is 0 Å². The number of hydrogen-bond acceptors (Lipinski definition) is 8. The standard InChI is InChI=1S/C31H41N5O6S2/c1-21(24-11-14-43-20-24)34-30(38)25-16-26(18-28(17-25)36(3)44(5,40)41)31(39)35-27(15-23-9-7-6-8-10-23)19-33-22(2)29(37)32-12-13-42-4/h6-11,14,16-18,20-22,27,33H,12-13,15,19H2,1-5H3,(H,32,37)(H,34,38)(H,35,39)/t21?,22-,27-/m0/s1. The van der Waals surface area contributed by atoms with Crippen molar-refractivity contribution >= 4 is 44.8 Å². The first-order valence-corrected chi connectivity index (χ1v) is 16.9. The van der Waals surface area contributed by atoms with E-state index < -0.39 is 33.9 Å². The lowest BCUT2D eigenvalue weighted by molar-refractivity contribution is -0.122. The number of ether oxygens (including phenoxy) is 1. The number of carbonyl (C=O) groups is 3. The Morgan fingerprint density at radius 1 is 0.977 bits per heavy atom. The van der Waals surface area contributed by atoms with Gasteiger partial charge in [-0.2, -0.15) is 11.3 Å². The van der Waals surface area contributed by atoms with E-state index >= 15 is 0 Å². The zero-order valence-corrected chi connectivity index (χ0v) is 27.3. The van der Waals surface area contributed by atoms with Crippen LogP contribution < -0.4 is 25.6 Å². The topological polar surface area (TPSA) is 146 Å². The largest absolute Gasteiger partial charge is 0.383 e. The number of rotatable bonds is 16. The van der Waals surface area contributed by atoms with Crippen LogP contribution in [0.2, 0.25) is 0 Å². The Labute approximate surface area is 263 Å². The van der Waals surface area contributed by atoms with Crippen molar-refractivity contribution in [1.82, 2.24) is 21.3 Å². The van der Waals surface area contributed by atoms with Gasteiger partial charge in [0.2, 0.25) is 15.9 Å². The molecule has 0 fully saturated rings. The molecule has 3 aromatic rings. The molecule has 3 rings (SSSR count). The number of hydrogen-bond donors (Lipinski definition) is 4. The molecule has 3 atom stereocenters. The smallest absolute Gasteiger partial charge is 0.251 e. The van der Waals surface area contributed by atoms with Crippen LogP contribution in [-0.4, -0.2) is 78.3 Å². The summed E-state index contributed by atoms with van der Waals surface area (Å²) >= 11 is 1.51. The maximum Gasteiger partial charge on any atom is 0.251 e. The Kier molecular flexibility index (Phi) is 12.9. The van der Waals surface area contributed by atoms with Gasteiger partial charge in [-0.25, -0.2) is 8.42 Å². The van der Waals surface area contributed by atoms with Crippen LogP contribution in [0.4, 0.5) is 5.69 Å². The predicted molar refractivity (Wildman–Crippen MR) is 174 cm³/mol. The van der Waals surface area contributed by atoms with Crippen molar-refractivity contribution in [3.05, 3.63) is 87.6 Å². The normalized spacial score (nSPS) is 13.4. The molecule has 1 unspecified atom stereocenters. The first-order chi connectivity index (χ1) is 20.9. The van der Waals surface area contributed by atoms with E-state index in [0.29, 0.717) is 19.6 Å². The number of sulfonamides is 1. The zero-order chi connectivity index (χ0) is 32.3. The predicted octanol–water partition coefficient (Wildman–Crippen LogP) is 2.72. The first kappa shape index (κ1) is 34.7. The van der Waals surface area contributed by atoms with Gasteiger partial charge in [-0.15, -0.1) is 0 Å². The van der Waals surface area contributed by atoms with E-state index in [0.717, 1.165) is 21.7 Å². The van der Waals surface area contributed by atoms with Crippen LogP contribution >= 0.6 is 11.3 Å². The highest BCUT2D eigenvalue weighted by molar-refractivity contribution is 7.92. The third-order valence-corrected chi connectivity index (χ3v) is 8.93. The van der Waals surface area contributed by atoms with Crippen molar-refractivity contribution in [1.29, 1.82) is 0 Å². The summed E-state index contributed by atoms with van der Waals surface area (Å²) in [5, 5.41) is 15.7. The highest BCUT2D eigenvalue weighted by Crippen LogP contribution is 2.22. The van der Waals surface area contributed by atoms with E-state index in [9.17, 15) is 22.8 Å². The van der Waals surface area contributed by atoms with E-state index in [4.69, 9.17) is 4.74 Å². The fourth-order valence-electron chi connectivity index (χ4n) is 4.31. The monoisotopic (exact) mass is 643 g/mol. The summed E-state index contributed by atoms with van der Waals surface area (Å²) in [5.74, 6) is -1.14. The van der Waals surface area contributed by atoms with Crippen LogP contribution in [0, 0.1) is 0 Å². The number of anilines is 1. The average molecular weight is 644 g/mol. The number of methoxy groups -OCH3 is 1. The molecule has 0 aliphatic heterocycles. The molecule has 4 N–H and O–H groups in total. The van der Waals surface area contributed by atoms with Crippen LogP contribution in [0.5, 0.6) is 0 Å². The zero-order valence-electron chi connectivity index (χ0n) is 25.6. The minimum Gasteiger partial charge on any atom is -0.383 e. The maximum absolute atomic E-state index is 13.7. The molecule has 13 heteroatoms. The van der Waals surface area contributed by atoms with Gasteiger partial charge in [0.05, 0.1) is 30.6 Å². The van der Waals surface area contributed by atoms with E-state index in [-0.39, 0.29) is 35.3 Å². The molecule has 0 aliphatic carbocycles. The Morgan fingerprint density at radius 2 is 1.64 bits per heavy atom.